The second kappa shape index (κ2) is 4.66. The fraction of sp³-hybridized carbons (Fsp3) is 0.231. The standard InChI is InChI=1S/C13H16/c1-4-5-8-11(2)13-10-7-6-9-12(13)3/h4-7,9-10H,2,8H2,1,3H3/b5-4-. The Kier molecular flexibility index (Phi) is 3.51. The van der Waals surface area contributed by atoms with E-state index >= 15 is 0 Å². The van der Waals surface area contributed by atoms with Crippen LogP contribution in [0.3, 0.4) is 0 Å². The van der Waals surface area contributed by atoms with E-state index in [0.29, 0.717) is 0 Å². The van der Waals surface area contributed by atoms with Gasteiger partial charge in [0.2, 0.25) is 0 Å². The lowest BCUT2D eigenvalue weighted by atomic mass is 10.00. The third-order valence-electron chi connectivity index (χ3n) is 2.13. The van der Waals surface area contributed by atoms with Crippen LogP contribution in [0.2, 0.25) is 0 Å². The van der Waals surface area contributed by atoms with E-state index in [-0.39, 0.29) is 0 Å². The van der Waals surface area contributed by atoms with Crippen molar-refractivity contribution in [3.05, 3.63) is 54.1 Å². The molecule has 0 fully saturated rings. The first-order valence-electron chi connectivity index (χ1n) is 4.60. The van der Waals surface area contributed by atoms with Crippen LogP contribution in [0.4, 0.5) is 0 Å². The van der Waals surface area contributed by atoms with Gasteiger partial charge in [-0.1, -0.05) is 43.0 Å². The molecule has 0 nitrogen and oxygen atoms in total. The van der Waals surface area contributed by atoms with Crippen LogP contribution in [0.5, 0.6) is 0 Å². The van der Waals surface area contributed by atoms with Gasteiger partial charge in [0.25, 0.3) is 0 Å². The second-order valence-corrected chi connectivity index (χ2v) is 3.19. The highest BCUT2D eigenvalue weighted by molar-refractivity contribution is 5.67. The molecule has 0 N–H and O–H groups in total. The van der Waals surface area contributed by atoms with E-state index in [2.05, 4.69) is 49.9 Å². The van der Waals surface area contributed by atoms with E-state index < -0.39 is 0 Å². The molecule has 0 spiro atoms. The Morgan fingerprint density at radius 2 is 2.08 bits per heavy atom. The molecule has 0 saturated carbocycles. The molecule has 0 aliphatic rings. The number of allylic oxidation sites excluding steroid dienone is 3. The zero-order chi connectivity index (χ0) is 9.68. The zero-order valence-corrected chi connectivity index (χ0v) is 8.38. The first kappa shape index (κ1) is 9.79. The molecule has 1 rings (SSSR count). The minimum Gasteiger partial charge on any atom is -0.0949 e. The molecule has 0 saturated heterocycles. The van der Waals surface area contributed by atoms with Gasteiger partial charge in [-0.05, 0) is 37.0 Å². The summed E-state index contributed by atoms with van der Waals surface area (Å²) in [5.41, 5.74) is 3.77. The van der Waals surface area contributed by atoms with Crippen molar-refractivity contribution in [1.29, 1.82) is 0 Å². The molecular weight excluding hydrogens is 156 g/mol. The minimum absolute atomic E-state index is 0.946. The van der Waals surface area contributed by atoms with Crippen LogP contribution in [0.25, 0.3) is 5.57 Å². The molecular formula is C13H16. The van der Waals surface area contributed by atoms with Gasteiger partial charge in [0, 0.05) is 0 Å². The smallest absolute Gasteiger partial charge is 0.00974 e. The van der Waals surface area contributed by atoms with Crippen molar-refractivity contribution in [3.8, 4) is 0 Å². The number of rotatable bonds is 3. The normalized spacial score (nSPS) is 10.6. The molecule has 0 aromatic heterocycles. The van der Waals surface area contributed by atoms with Crippen LogP contribution in [0, 0.1) is 6.92 Å². The van der Waals surface area contributed by atoms with Crippen LogP contribution < -0.4 is 0 Å². The number of benzene rings is 1. The van der Waals surface area contributed by atoms with Crippen molar-refractivity contribution >= 4 is 5.57 Å². The molecule has 13 heavy (non-hydrogen) atoms. The first-order chi connectivity index (χ1) is 6.25. The van der Waals surface area contributed by atoms with Crippen LogP contribution >= 0.6 is 0 Å². The fourth-order valence-corrected chi connectivity index (χ4v) is 1.34. The van der Waals surface area contributed by atoms with Crippen molar-refractivity contribution in [1.82, 2.24) is 0 Å². The molecule has 0 heteroatoms. The van der Waals surface area contributed by atoms with E-state index in [9.17, 15) is 0 Å². The SMILES string of the molecule is C=C(C/C=C\C)c1ccccc1C. The number of aryl methyl sites for hydroxylation is 1. The maximum absolute atomic E-state index is 4.07. The van der Waals surface area contributed by atoms with Gasteiger partial charge >= 0.3 is 0 Å². The summed E-state index contributed by atoms with van der Waals surface area (Å²) < 4.78 is 0. The Morgan fingerprint density at radius 3 is 2.69 bits per heavy atom. The maximum Gasteiger partial charge on any atom is -0.00974 e. The molecule has 0 aliphatic carbocycles. The van der Waals surface area contributed by atoms with Gasteiger partial charge in [0.15, 0.2) is 0 Å². The van der Waals surface area contributed by atoms with Crippen molar-refractivity contribution < 1.29 is 0 Å². The van der Waals surface area contributed by atoms with Crippen molar-refractivity contribution in [3.63, 3.8) is 0 Å². The van der Waals surface area contributed by atoms with Crippen molar-refractivity contribution in [2.24, 2.45) is 0 Å². The number of hydrogen-bond acceptors (Lipinski definition) is 0. The largest absolute Gasteiger partial charge is 0.0949 e. The predicted molar refractivity (Wildman–Crippen MR) is 59.6 cm³/mol. The van der Waals surface area contributed by atoms with Crippen LogP contribution in [-0.4, -0.2) is 0 Å². The average Bonchev–Trinajstić information content (AvgIpc) is 2.15. The lowest BCUT2D eigenvalue weighted by Crippen LogP contribution is -1.85. The van der Waals surface area contributed by atoms with Gasteiger partial charge in [-0.15, -0.1) is 0 Å². The Labute approximate surface area is 80.6 Å². The van der Waals surface area contributed by atoms with Crippen molar-refractivity contribution in [2.45, 2.75) is 20.3 Å². The zero-order valence-electron chi connectivity index (χ0n) is 8.38. The molecule has 0 bridgehead atoms. The molecule has 1 aromatic carbocycles. The van der Waals surface area contributed by atoms with Crippen LogP contribution in [0.15, 0.2) is 43.0 Å². The average molecular weight is 172 g/mol. The van der Waals surface area contributed by atoms with E-state index in [1.165, 1.54) is 16.7 Å². The van der Waals surface area contributed by atoms with Crippen LogP contribution in [-0.2, 0) is 0 Å². The fourth-order valence-electron chi connectivity index (χ4n) is 1.34. The molecule has 0 heterocycles. The van der Waals surface area contributed by atoms with E-state index in [1.807, 2.05) is 6.92 Å². The quantitative estimate of drug-likeness (QED) is 0.605. The Hall–Kier alpha value is -1.30. The highest BCUT2D eigenvalue weighted by atomic mass is 14.0. The Morgan fingerprint density at radius 1 is 1.38 bits per heavy atom. The number of hydrogen-bond donors (Lipinski definition) is 0. The molecule has 0 radical (unpaired) electrons. The molecule has 0 amide bonds. The van der Waals surface area contributed by atoms with Gasteiger partial charge < -0.3 is 0 Å². The van der Waals surface area contributed by atoms with Crippen LogP contribution in [0.1, 0.15) is 24.5 Å². The Bertz CT molecular complexity index is 319. The Balaban J connectivity index is 2.83. The van der Waals surface area contributed by atoms with E-state index in [4.69, 9.17) is 0 Å². The summed E-state index contributed by atoms with van der Waals surface area (Å²) in [6.45, 7) is 8.23. The highest BCUT2D eigenvalue weighted by Crippen LogP contribution is 2.19. The highest BCUT2D eigenvalue weighted by Gasteiger charge is 1.98. The molecule has 0 unspecified atom stereocenters. The topological polar surface area (TPSA) is 0 Å². The lowest BCUT2D eigenvalue weighted by Gasteiger charge is -2.06. The minimum atomic E-state index is 0.946. The van der Waals surface area contributed by atoms with Gasteiger partial charge in [-0.25, -0.2) is 0 Å². The molecule has 0 atom stereocenters. The molecule has 68 valence electrons. The summed E-state index contributed by atoms with van der Waals surface area (Å²) >= 11 is 0. The summed E-state index contributed by atoms with van der Waals surface area (Å²) in [6, 6.07) is 8.36. The second-order valence-electron chi connectivity index (χ2n) is 3.19. The monoisotopic (exact) mass is 172 g/mol. The van der Waals surface area contributed by atoms with Crippen molar-refractivity contribution in [2.75, 3.05) is 0 Å². The van der Waals surface area contributed by atoms with E-state index in [0.717, 1.165) is 6.42 Å². The summed E-state index contributed by atoms with van der Waals surface area (Å²) in [5.74, 6) is 0. The van der Waals surface area contributed by atoms with E-state index in [1.54, 1.807) is 0 Å². The molecule has 1 aromatic rings. The first-order valence-corrected chi connectivity index (χ1v) is 4.60. The van der Waals surface area contributed by atoms with Gasteiger partial charge in [0.05, 0.1) is 0 Å². The summed E-state index contributed by atoms with van der Waals surface area (Å²) in [5, 5.41) is 0. The van der Waals surface area contributed by atoms with Gasteiger partial charge in [-0.2, -0.15) is 0 Å². The third-order valence-corrected chi connectivity index (χ3v) is 2.13. The maximum atomic E-state index is 4.07. The third kappa shape index (κ3) is 2.59. The summed E-state index contributed by atoms with van der Waals surface area (Å²) in [4.78, 5) is 0. The van der Waals surface area contributed by atoms with Gasteiger partial charge in [-0.3, -0.25) is 0 Å². The lowest BCUT2D eigenvalue weighted by molar-refractivity contribution is 1.34. The molecule has 0 aliphatic heterocycles. The van der Waals surface area contributed by atoms with Gasteiger partial charge in [0.1, 0.15) is 0 Å². The predicted octanol–water partition coefficient (Wildman–Crippen LogP) is 3.97. The summed E-state index contributed by atoms with van der Waals surface area (Å²) in [7, 11) is 0. The summed E-state index contributed by atoms with van der Waals surface area (Å²) in [6.07, 6.45) is 5.14.